The van der Waals surface area contributed by atoms with Crippen LogP contribution in [0.1, 0.15) is 30.4 Å². The third-order valence-corrected chi connectivity index (χ3v) is 7.42. The van der Waals surface area contributed by atoms with Crippen LogP contribution < -0.4 is 11.1 Å². The molecule has 1 aliphatic heterocycles. The van der Waals surface area contributed by atoms with Crippen LogP contribution in [0.25, 0.3) is 0 Å². The van der Waals surface area contributed by atoms with Crippen molar-refractivity contribution in [3.05, 3.63) is 95.6 Å². The van der Waals surface area contributed by atoms with Gasteiger partial charge in [0.1, 0.15) is 17.2 Å². The van der Waals surface area contributed by atoms with Crippen LogP contribution in [0, 0.1) is 11.6 Å². The van der Waals surface area contributed by atoms with Crippen molar-refractivity contribution in [3.8, 4) is 0 Å². The molecular weight excluding hydrogens is 476 g/mol. The number of aliphatic hydroxyl groups is 1. The molecule has 198 valence electrons. The minimum Gasteiger partial charge on any atom is -0.380 e. The van der Waals surface area contributed by atoms with Crippen LogP contribution in [0.3, 0.4) is 0 Å². The molecule has 0 unspecified atom stereocenters. The van der Waals surface area contributed by atoms with Crippen LogP contribution in [0.2, 0.25) is 0 Å². The van der Waals surface area contributed by atoms with Crippen LogP contribution in [-0.4, -0.2) is 66.8 Å². The molecule has 8 heteroatoms. The number of methoxy groups -OCH3 is 1. The first-order valence-electron chi connectivity index (χ1n) is 12.6. The van der Waals surface area contributed by atoms with Crippen molar-refractivity contribution in [1.29, 1.82) is 0 Å². The number of carbonyl (C=O) groups excluding carboxylic acids is 1. The van der Waals surface area contributed by atoms with E-state index in [1.807, 2.05) is 0 Å². The monoisotopic (exact) mass is 511 g/mol. The second-order valence-electron chi connectivity index (χ2n) is 9.95. The predicted molar refractivity (Wildman–Crippen MR) is 139 cm³/mol. The molecule has 1 aliphatic carbocycles. The summed E-state index contributed by atoms with van der Waals surface area (Å²) in [7, 11) is 1.51. The Morgan fingerprint density at radius 1 is 1.00 bits per heavy atom. The molecule has 4 N–H and O–H groups in total. The molecule has 2 aromatic rings. The minimum atomic E-state index is -1.45. The lowest BCUT2D eigenvalue weighted by Gasteiger charge is -2.36. The summed E-state index contributed by atoms with van der Waals surface area (Å²) >= 11 is 0. The molecule has 6 nitrogen and oxygen atoms in total. The van der Waals surface area contributed by atoms with Crippen molar-refractivity contribution < 1.29 is 23.4 Å². The second-order valence-corrected chi connectivity index (χ2v) is 9.95. The third-order valence-electron chi connectivity index (χ3n) is 7.42. The van der Waals surface area contributed by atoms with Gasteiger partial charge in [0.25, 0.3) is 0 Å². The molecule has 37 heavy (non-hydrogen) atoms. The van der Waals surface area contributed by atoms with E-state index in [2.05, 4.69) is 10.2 Å². The fraction of sp³-hybridized carbons (Fsp3) is 0.414. The molecule has 0 radical (unpaired) electrons. The number of nitrogens with one attached hydrogen (secondary N) is 1. The van der Waals surface area contributed by atoms with Gasteiger partial charge in [-0.2, -0.15) is 0 Å². The Kier molecular flexibility index (Phi) is 8.36. The molecule has 0 spiro atoms. The van der Waals surface area contributed by atoms with Crippen molar-refractivity contribution in [3.63, 3.8) is 0 Å². The summed E-state index contributed by atoms with van der Waals surface area (Å²) in [6, 6.07) is 11.3. The number of hydrogen-bond acceptors (Lipinski definition) is 6. The maximum atomic E-state index is 13.6. The van der Waals surface area contributed by atoms with Crippen molar-refractivity contribution in [2.24, 2.45) is 5.73 Å². The lowest BCUT2D eigenvalue weighted by atomic mass is 9.78. The average Bonchev–Trinajstić information content (AvgIpc) is 2.90. The second kappa shape index (κ2) is 11.3. The smallest absolute Gasteiger partial charge is 0.186 e. The maximum absolute atomic E-state index is 13.6. The largest absolute Gasteiger partial charge is 0.380 e. The van der Waals surface area contributed by atoms with Crippen molar-refractivity contribution in [2.75, 3.05) is 39.8 Å². The van der Waals surface area contributed by atoms with Crippen LogP contribution in [0.5, 0.6) is 0 Å². The van der Waals surface area contributed by atoms with Gasteiger partial charge in [-0.25, -0.2) is 8.78 Å². The number of hydrogen-bond donors (Lipinski definition) is 3. The zero-order valence-electron chi connectivity index (χ0n) is 21.1. The summed E-state index contributed by atoms with van der Waals surface area (Å²) < 4.78 is 32.8. The highest BCUT2D eigenvalue weighted by Crippen LogP contribution is 2.36. The lowest BCUT2D eigenvalue weighted by Crippen LogP contribution is -2.51. The predicted octanol–water partition coefficient (Wildman–Crippen LogP) is 3.05. The molecule has 0 bridgehead atoms. The number of benzene rings is 2. The van der Waals surface area contributed by atoms with Gasteiger partial charge in [-0.3, -0.25) is 9.69 Å². The normalized spacial score (nSPS) is 24.4. The molecule has 0 aromatic heterocycles. The number of piperazine rings is 1. The maximum Gasteiger partial charge on any atom is 0.186 e. The Morgan fingerprint density at radius 2 is 1.51 bits per heavy atom. The molecule has 0 saturated carbocycles. The van der Waals surface area contributed by atoms with Gasteiger partial charge >= 0.3 is 0 Å². The Morgan fingerprint density at radius 3 is 2.00 bits per heavy atom. The molecule has 1 fully saturated rings. The first kappa shape index (κ1) is 27.3. The van der Waals surface area contributed by atoms with E-state index in [0.29, 0.717) is 30.5 Å². The Labute approximate surface area is 216 Å². The third kappa shape index (κ3) is 6.22. The van der Waals surface area contributed by atoms with Gasteiger partial charge in [0.2, 0.25) is 0 Å². The number of rotatable bonds is 10. The van der Waals surface area contributed by atoms with Crippen molar-refractivity contribution in [1.82, 2.24) is 10.2 Å². The van der Waals surface area contributed by atoms with Gasteiger partial charge in [0.05, 0.1) is 12.1 Å². The lowest BCUT2D eigenvalue weighted by molar-refractivity contribution is -0.133. The number of Topliss-reactive ketones (excluding diaryl/α,β-unsaturated/α-hetero) is 1. The summed E-state index contributed by atoms with van der Waals surface area (Å²) in [5.41, 5.74) is 4.22. The van der Waals surface area contributed by atoms with E-state index in [1.54, 1.807) is 24.3 Å². The minimum absolute atomic E-state index is 0.0477. The van der Waals surface area contributed by atoms with E-state index in [0.717, 1.165) is 26.2 Å². The van der Waals surface area contributed by atoms with E-state index in [1.165, 1.54) is 55.6 Å². The average molecular weight is 512 g/mol. The van der Waals surface area contributed by atoms with E-state index in [9.17, 15) is 18.7 Å². The van der Waals surface area contributed by atoms with Crippen LogP contribution in [0.4, 0.5) is 8.78 Å². The molecular formula is C29H35F2N3O3. The number of halogens is 2. The topological polar surface area (TPSA) is 87.8 Å². The van der Waals surface area contributed by atoms with E-state index >= 15 is 0 Å². The zero-order valence-corrected chi connectivity index (χ0v) is 21.1. The Hall–Kier alpha value is -2.75. The molecule has 0 atom stereocenters. The van der Waals surface area contributed by atoms with Gasteiger partial charge in [-0.1, -0.05) is 36.4 Å². The summed E-state index contributed by atoms with van der Waals surface area (Å²) in [5.74, 6) is -0.859. The van der Waals surface area contributed by atoms with Gasteiger partial charge in [-0.15, -0.1) is 0 Å². The quantitative estimate of drug-likeness (QED) is 0.425. The molecule has 1 heterocycles. The Bertz CT molecular complexity index is 1070. The molecule has 2 aromatic carbocycles. The highest BCUT2D eigenvalue weighted by atomic mass is 19.1. The van der Waals surface area contributed by atoms with Crippen molar-refractivity contribution in [2.45, 2.75) is 36.0 Å². The summed E-state index contributed by atoms with van der Waals surface area (Å²) in [6.07, 6.45) is 8.30. The highest BCUT2D eigenvalue weighted by Gasteiger charge is 2.39. The zero-order chi connectivity index (χ0) is 26.5. The van der Waals surface area contributed by atoms with Crippen LogP contribution >= 0.6 is 0 Å². The van der Waals surface area contributed by atoms with Gasteiger partial charge in [-0.05, 0) is 66.8 Å². The van der Waals surface area contributed by atoms with E-state index in [-0.39, 0.29) is 12.2 Å². The van der Waals surface area contributed by atoms with E-state index in [4.69, 9.17) is 10.5 Å². The number of ether oxygens (including phenoxy) is 1. The van der Waals surface area contributed by atoms with Gasteiger partial charge in [0.15, 0.2) is 11.4 Å². The molecule has 0 amide bonds. The van der Waals surface area contributed by atoms with Gasteiger partial charge < -0.3 is 20.9 Å². The first-order valence-corrected chi connectivity index (χ1v) is 12.6. The fourth-order valence-electron chi connectivity index (χ4n) is 5.02. The summed E-state index contributed by atoms with van der Waals surface area (Å²) in [5, 5.41) is 15.0. The standard InChI is InChI=1S/C29H35F2N3O3/c1-37-28(26(35)21-34-19-17-33-18-20-34)15-13-27(32,14-16-28)11-2-12-29(36,22-3-7-24(30)8-4-22)23-5-9-25(31)10-6-23/h3-10,13-16,33,36H,2,11-12,17-21,32H2,1H3. The van der Waals surface area contributed by atoms with Crippen molar-refractivity contribution >= 4 is 5.78 Å². The molecule has 4 rings (SSSR count). The SMILES string of the molecule is COC1(C(=O)CN2CCNCC2)C=CC(N)(CCCC(O)(c2ccc(F)cc2)c2ccc(F)cc2)C=C1. The van der Waals surface area contributed by atoms with Crippen LogP contribution in [-0.2, 0) is 15.1 Å². The summed E-state index contributed by atoms with van der Waals surface area (Å²) in [6.45, 7) is 3.62. The number of nitrogens with two attached hydrogens (primary N) is 1. The number of nitrogens with zero attached hydrogens (tertiary/aromatic N) is 1. The first-order chi connectivity index (χ1) is 17.7. The fourth-order valence-corrected chi connectivity index (χ4v) is 5.02. The van der Waals surface area contributed by atoms with Crippen LogP contribution in [0.15, 0.2) is 72.8 Å². The molecule has 1 saturated heterocycles. The Balaban J connectivity index is 1.45. The number of carbonyl (C=O) groups is 1. The molecule has 2 aliphatic rings. The van der Waals surface area contributed by atoms with Gasteiger partial charge in [0, 0.05) is 33.3 Å². The number of ketones is 1. The summed E-state index contributed by atoms with van der Waals surface area (Å²) in [4.78, 5) is 15.2. The highest BCUT2D eigenvalue weighted by molar-refractivity contribution is 5.93. The van der Waals surface area contributed by atoms with E-state index < -0.39 is 28.4 Å².